The topological polar surface area (TPSA) is 0 Å². The highest BCUT2D eigenvalue weighted by Gasteiger charge is 2.38. The summed E-state index contributed by atoms with van der Waals surface area (Å²) in [6, 6.07) is 0. The van der Waals surface area contributed by atoms with Crippen molar-refractivity contribution >= 4 is 0 Å². The molecule has 3 aliphatic carbocycles. The Balaban J connectivity index is 2.08. The summed E-state index contributed by atoms with van der Waals surface area (Å²) in [5.74, 6) is 1.11. The molecule has 0 aromatic carbocycles. The van der Waals surface area contributed by atoms with E-state index in [1.54, 1.807) is 0 Å². The Morgan fingerprint density at radius 3 is 1.90 bits per heavy atom. The molecule has 0 aromatic heterocycles. The lowest BCUT2D eigenvalue weighted by molar-refractivity contribution is 0.0673. The van der Waals surface area contributed by atoms with E-state index in [1.807, 2.05) is 0 Å². The molecule has 57 valence electrons. The van der Waals surface area contributed by atoms with Crippen LogP contribution in [-0.2, 0) is 0 Å². The van der Waals surface area contributed by atoms with E-state index >= 15 is 0 Å². The fourth-order valence-electron chi connectivity index (χ4n) is 2.71. The van der Waals surface area contributed by atoms with Crippen molar-refractivity contribution in [3.05, 3.63) is 6.92 Å². The minimum Gasteiger partial charge on any atom is -0.0528 e. The van der Waals surface area contributed by atoms with Crippen LogP contribution in [-0.4, -0.2) is 0 Å². The molecule has 0 spiro atoms. The highest BCUT2D eigenvalue weighted by molar-refractivity contribution is 4.91. The second-order valence-electron chi connectivity index (χ2n) is 4.23. The Kier molecular flexibility index (Phi) is 1.51. The monoisotopic (exact) mass is 137 g/mol. The van der Waals surface area contributed by atoms with Gasteiger partial charge in [-0.15, -0.1) is 0 Å². The molecule has 0 heteroatoms. The van der Waals surface area contributed by atoms with Gasteiger partial charge in [0.2, 0.25) is 0 Å². The van der Waals surface area contributed by atoms with E-state index in [4.69, 9.17) is 0 Å². The molecule has 0 N–H and O–H groups in total. The van der Waals surface area contributed by atoms with Crippen molar-refractivity contribution in [1.29, 1.82) is 0 Å². The third-order valence-corrected chi connectivity index (χ3v) is 3.78. The quantitative estimate of drug-likeness (QED) is 0.520. The van der Waals surface area contributed by atoms with Crippen LogP contribution < -0.4 is 0 Å². The molecule has 0 heterocycles. The van der Waals surface area contributed by atoms with Gasteiger partial charge in [-0.1, -0.05) is 6.92 Å². The molecule has 3 fully saturated rings. The van der Waals surface area contributed by atoms with Gasteiger partial charge in [0.05, 0.1) is 0 Å². The van der Waals surface area contributed by atoms with Crippen molar-refractivity contribution < 1.29 is 0 Å². The molecule has 0 saturated heterocycles. The predicted octanol–water partition coefficient (Wildman–Crippen LogP) is 3.18. The summed E-state index contributed by atoms with van der Waals surface area (Å²) in [5.41, 5.74) is 0.717. The minimum atomic E-state index is 0.717. The van der Waals surface area contributed by atoms with Crippen LogP contribution in [0.4, 0.5) is 0 Å². The average Bonchev–Trinajstić information content (AvgIpc) is 2.08. The van der Waals surface area contributed by atoms with Gasteiger partial charge in [0, 0.05) is 0 Å². The van der Waals surface area contributed by atoms with Gasteiger partial charge in [0.1, 0.15) is 0 Å². The summed E-state index contributed by atoms with van der Waals surface area (Å²) in [6.45, 7) is 4.08. The second kappa shape index (κ2) is 2.25. The first kappa shape index (κ1) is 6.69. The van der Waals surface area contributed by atoms with Gasteiger partial charge in [0.15, 0.2) is 0 Å². The molecule has 10 heavy (non-hydrogen) atoms. The highest BCUT2D eigenvalue weighted by Crippen LogP contribution is 2.51. The molecule has 3 saturated carbocycles. The zero-order valence-electron chi connectivity index (χ0n) is 6.73. The second-order valence-corrected chi connectivity index (χ2v) is 4.23. The van der Waals surface area contributed by atoms with Gasteiger partial charge in [-0.25, -0.2) is 0 Å². The van der Waals surface area contributed by atoms with Crippen LogP contribution in [0, 0.1) is 18.3 Å². The molecule has 0 nitrogen and oxygen atoms in total. The lowest BCUT2D eigenvalue weighted by Gasteiger charge is -2.46. The fraction of sp³-hybridized carbons (Fsp3) is 0.900. The van der Waals surface area contributed by atoms with E-state index in [0.29, 0.717) is 0 Å². The maximum absolute atomic E-state index is 4.08. The first-order valence-corrected chi connectivity index (χ1v) is 4.64. The van der Waals surface area contributed by atoms with Gasteiger partial charge >= 0.3 is 0 Å². The largest absolute Gasteiger partial charge is 0.0528 e. The van der Waals surface area contributed by atoms with Crippen molar-refractivity contribution in [2.75, 3.05) is 0 Å². The van der Waals surface area contributed by atoms with Crippen LogP contribution in [0.5, 0.6) is 0 Å². The van der Waals surface area contributed by atoms with Gasteiger partial charge in [-0.2, -0.15) is 0 Å². The highest BCUT2D eigenvalue weighted by atomic mass is 14.4. The van der Waals surface area contributed by atoms with Crippen LogP contribution in [0.1, 0.15) is 44.9 Å². The number of hydrogen-bond donors (Lipinski definition) is 0. The minimum absolute atomic E-state index is 0.717. The van der Waals surface area contributed by atoms with Gasteiger partial charge < -0.3 is 0 Å². The molecule has 3 aliphatic rings. The maximum atomic E-state index is 4.08. The Labute approximate surface area is 64.0 Å². The molecule has 0 aromatic rings. The molecule has 0 unspecified atom stereocenters. The SMILES string of the molecule is [CH2]CC12CCC(CC1)CC2. The zero-order valence-corrected chi connectivity index (χ0v) is 6.73. The Morgan fingerprint density at radius 2 is 1.60 bits per heavy atom. The molecular formula is C10H17. The van der Waals surface area contributed by atoms with E-state index in [2.05, 4.69) is 6.92 Å². The Hall–Kier alpha value is 0. The normalized spacial score (nSPS) is 45.9. The van der Waals surface area contributed by atoms with Gasteiger partial charge in [-0.3, -0.25) is 0 Å². The van der Waals surface area contributed by atoms with Gasteiger partial charge in [-0.05, 0) is 56.3 Å². The summed E-state index contributed by atoms with van der Waals surface area (Å²) in [7, 11) is 0. The van der Waals surface area contributed by atoms with Crippen molar-refractivity contribution in [3.8, 4) is 0 Å². The lowest BCUT2D eigenvalue weighted by atomic mass is 9.60. The summed E-state index contributed by atoms with van der Waals surface area (Å²) in [6.07, 6.45) is 10.2. The van der Waals surface area contributed by atoms with E-state index in [9.17, 15) is 0 Å². The predicted molar refractivity (Wildman–Crippen MR) is 43.6 cm³/mol. The number of hydrogen-bond acceptors (Lipinski definition) is 0. The first-order chi connectivity index (χ1) is 4.85. The van der Waals surface area contributed by atoms with Crippen LogP contribution in [0.15, 0.2) is 0 Å². The standard InChI is InChI=1S/C10H17/c1-2-10-6-3-9(4-7-10)5-8-10/h9H,1-8H2. The van der Waals surface area contributed by atoms with Crippen LogP contribution in [0.3, 0.4) is 0 Å². The first-order valence-electron chi connectivity index (χ1n) is 4.64. The maximum Gasteiger partial charge on any atom is -0.0297 e. The van der Waals surface area contributed by atoms with Crippen LogP contribution in [0.25, 0.3) is 0 Å². The fourth-order valence-corrected chi connectivity index (χ4v) is 2.71. The molecule has 0 amide bonds. The van der Waals surface area contributed by atoms with E-state index in [0.717, 1.165) is 11.3 Å². The Morgan fingerprint density at radius 1 is 1.10 bits per heavy atom. The van der Waals surface area contributed by atoms with Gasteiger partial charge in [0.25, 0.3) is 0 Å². The average molecular weight is 137 g/mol. The summed E-state index contributed by atoms with van der Waals surface area (Å²) in [4.78, 5) is 0. The van der Waals surface area contributed by atoms with Crippen molar-refractivity contribution in [1.82, 2.24) is 0 Å². The third-order valence-electron chi connectivity index (χ3n) is 3.78. The lowest BCUT2D eigenvalue weighted by Crippen LogP contribution is -2.33. The number of fused-ring (bicyclic) bond motifs is 3. The summed E-state index contributed by atoms with van der Waals surface area (Å²) >= 11 is 0. The molecule has 2 bridgehead atoms. The summed E-state index contributed by atoms with van der Waals surface area (Å²) in [5, 5.41) is 0. The smallest absolute Gasteiger partial charge is 0.0297 e. The zero-order chi connectivity index (χ0) is 7.03. The molecule has 0 atom stereocenters. The molecule has 1 radical (unpaired) electrons. The molecule has 0 aliphatic heterocycles. The van der Waals surface area contributed by atoms with E-state index in [1.165, 1.54) is 44.9 Å². The van der Waals surface area contributed by atoms with Crippen LogP contribution >= 0.6 is 0 Å². The molecular weight excluding hydrogens is 120 g/mol. The molecule has 3 rings (SSSR count). The van der Waals surface area contributed by atoms with E-state index in [-0.39, 0.29) is 0 Å². The van der Waals surface area contributed by atoms with E-state index < -0.39 is 0 Å². The Bertz CT molecular complexity index is 104. The van der Waals surface area contributed by atoms with Crippen molar-refractivity contribution in [2.24, 2.45) is 11.3 Å². The number of rotatable bonds is 1. The van der Waals surface area contributed by atoms with Crippen LogP contribution in [0.2, 0.25) is 0 Å². The summed E-state index contributed by atoms with van der Waals surface area (Å²) < 4.78 is 0. The van der Waals surface area contributed by atoms with Crippen molar-refractivity contribution in [3.63, 3.8) is 0 Å². The third kappa shape index (κ3) is 0.889. The van der Waals surface area contributed by atoms with Crippen molar-refractivity contribution in [2.45, 2.75) is 44.9 Å².